The van der Waals surface area contributed by atoms with E-state index in [0.29, 0.717) is 22.0 Å². The molecule has 0 unspecified atom stereocenters. The van der Waals surface area contributed by atoms with Crippen LogP contribution in [0.15, 0.2) is 48.5 Å². The molecule has 0 aliphatic rings. The molecule has 1 amide bonds. The summed E-state index contributed by atoms with van der Waals surface area (Å²) >= 11 is 5.94. The van der Waals surface area contributed by atoms with Gasteiger partial charge < -0.3 is 14.8 Å². The number of para-hydroxylation sites is 1. The largest absolute Gasteiger partial charge is 0.491 e. The number of halogens is 1. The lowest BCUT2D eigenvalue weighted by Gasteiger charge is -2.10. The highest BCUT2D eigenvalue weighted by Crippen LogP contribution is 2.20. The molecule has 0 fully saturated rings. The van der Waals surface area contributed by atoms with Crippen molar-refractivity contribution in [3.8, 4) is 5.75 Å². The molecule has 24 heavy (non-hydrogen) atoms. The Kier molecular flexibility index (Phi) is 6.21. The van der Waals surface area contributed by atoms with Crippen molar-refractivity contribution in [2.45, 2.75) is 20.0 Å². The van der Waals surface area contributed by atoms with Crippen LogP contribution in [0, 0.1) is 0 Å². The summed E-state index contributed by atoms with van der Waals surface area (Å²) in [5.74, 6) is -0.380. The average molecular weight is 348 g/mol. The maximum Gasteiger partial charge on any atom is 0.338 e. The molecule has 0 atom stereocenters. The summed E-state index contributed by atoms with van der Waals surface area (Å²) in [5.41, 5.74) is 0.812. The van der Waals surface area contributed by atoms with E-state index in [9.17, 15) is 9.59 Å². The van der Waals surface area contributed by atoms with Crippen molar-refractivity contribution in [3.05, 3.63) is 59.1 Å². The molecule has 2 aromatic carbocycles. The van der Waals surface area contributed by atoms with E-state index < -0.39 is 18.5 Å². The zero-order chi connectivity index (χ0) is 17.5. The Balaban J connectivity index is 1.86. The second-order valence-electron chi connectivity index (χ2n) is 5.30. The predicted octanol–water partition coefficient (Wildman–Crippen LogP) is 3.92. The third-order valence-electron chi connectivity index (χ3n) is 2.94. The quantitative estimate of drug-likeness (QED) is 0.804. The third kappa shape index (κ3) is 5.28. The maximum absolute atomic E-state index is 11.9. The van der Waals surface area contributed by atoms with Crippen molar-refractivity contribution in [1.29, 1.82) is 0 Å². The van der Waals surface area contributed by atoms with Gasteiger partial charge in [0, 0.05) is 0 Å². The zero-order valence-electron chi connectivity index (χ0n) is 13.4. The normalized spacial score (nSPS) is 10.3. The Hall–Kier alpha value is -2.53. The number of rotatable bonds is 6. The van der Waals surface area contributed by atoms with Crippen LogP contribution in [0.2, 0.25) is 5.02 Å². The van der Waals surface area contributed by atoms with Gasteiger partial charge in [-0.05, 0) is 50.2 Å². The second-order valence-corrected chi connectivity index (χ2v) is 5.70. The Bertz CT molecular complexity index is 713. The smallest absolute Gasteiger partial charge is 0.338 e. The highest BCUT2D eigenvalue weighted by atomic mass is 35.5. The van der Waals surface area contributed by atoms with Gasteiger partial charge in [0.05, 0.1) is 22.4 Å². The summed E-state index contributed by atoms with van der Waals surface area (Å²) in [6, 6.07) is 13.4. The van der Waals surface area contributed by atoms with E-state index in [-0.39, 0.29) is 6.10 Å². The van der Waals surface area contributed by atoms with Crippen LogP contribution in [0.25, 0.3) is 0 Å². The van der Waals surface area contributed by atoms with Crippen LogP contribution in [0.3, 0.4) is 0 Å². The highest BCUT2D eigenvalue weighted by molar-refractivity contribution is 6.33. The molecule has 126 valence electrons. The van der Waals surface area contributed by atoms with Crippen LogP contribution in [-0.2, 0) is 9.53 Å². The number of ether oxygens (including phenoxy) is 2. The van der Waals surface area contributed by atoms with Crippen molar-refractivity contribution in [2.24, 2.45) is 0 Å². The fraction of sp³-hybridized carbons (Fsp3) is 0.222. The Morgan fingerprint density at radius 1 is 1.08 bits per heavy atom. The fourth-order valence-corrected chi connectivity index (χ4v) is 2.09. The molecule has 1 N–H and O–H groups in total. The fourth-order valence-electron chi connectivity index (χ4n) is 1.91. The number of carbonyl (C=O) groups excluding carboxylic acids is 2. The minimum Gasteiger partial charge on any atom is -0.491 e. The third-order valence-corrected chi connectivity index (χ3v) is 3.27. The van der Waals surface area contributed by atoms with E-state index in [1.165, 1.54) is 0 Å². The van der Waals surface area contributed by atoms with E-state index in [1.807, 2.05) is 13.8 Å². The van der Waals surface area contributed by atoms with Gasteiger partial charge in [-0.1, -0.05) is 23.7 Å². The molecule has 0 radical (unpaired) electrons. The van der Waals surface area contributed by atoms with Gasteiger partial charge in [-0.2, -0.15) is 0 Å². The summed E-state index contributed by atoms with van der Waals surface area (Å²) in [5, 5.41) is 2.99. The Morgan fingerprint density at radius 3 is 2.38 bits per heavy atom. The van der Waals surface area contributed by atoms with Gasteiger partial charge in [0.1, 0.15) is 5.75 Å². The van der Waals surface area contributed by atoms with Crippen LogP contribution in [0.4, 0.5) is 5.69 Å². The lowest BCUT2D eigenvalue weighted by Crippen LogP contribution is -2.21. The molecule has 6 heteroatoms. The molecule has 0 saturated heterocycles. The summed E-state index contributed by atoms with van der Waals surface area (Å²) in [7, 11) is 0. The van der Waals surface area contributed by atoms with Crippen molar-refractivity contribution in [3.63, 3.8) is 0 Å². The van der Waals surface area contributed by atoms with Gasteiger partial charge in [-0.3, -0.25) is 4.79 Å². The topological polar surface area (TPSA) is 64.6 Å². The summed E-state index contributed by atoms with van der Waals surface area (Å²) < 4.78 is 10.5. The standard InChI is InChI=1S/C18H18ClNO4/c1-12(2)24-14-9-7-13(8-10-14)18(22)23-11-17(21)20-16-6-4-3-5-15(16)19/h3-10,12H,11H2,1-2H3,(H,20,21). The molecule has 0 heterocycles. The van der Waals surface area contributed by atoms with E-state index in [2.05, 4.69) is 5.32 Å². The minimum atomic E-state index is -0.583. The SMILES string of the molecule is CC(C)Oc1ccc(C(=O)OCC(=O)Nc2ccccc2Cl)cc1. The monoisotopic (exact) mass is 347 g/mol. The van der Waals surface area contributed by atoms with E-state index in [1.54, 1.807) is 48.5 Å². The average Bonchev–Trinajstić information content (AvgIpc) is 2.55. The van der Waals surface area contributed by atoms with Crippen molar-refractivity contribution in [1.82, 2.24) is 0 Å². The molecule has 0 bridgehead atoms. The van der Waals surface area contributed by atoms with E-state index >= 15 is 0 Å². The summed E-state index contributed by atoms with van der Waals surface area (Å²) in [6.07, 6.45) is 0.0521. The predicted molar refractivity (Wildman–Crippen MR) is 92.6 cm³/mol. The van der Waals surface area contributed by atoms with Crippen LogP contribution in [-0.4, -0.2) is 24.6 Å². The number of anilines is 1. The summed E-state index contributed by atoms with van der Waals surface area (Å²) in [4.78, 5) is 23.7. The number of esters is 1. The van der Waals surface area contributed by atoms with Crippen molar-refractivity contribution < 1.29 is 19.1 Å². The molecule has 2 rings (SSSR count). The van der Waals surface area contributed by atoms with Gasteiger partial charge in [-0.15, -0.1) is 0 Å². The molecular formula is C18H18ClNO4. The maximum atomic E-state index is 11.9. The van der Waals surface area contributed by atoms with Gasteiger partial charge in [0.2, 0.25) is 0 Å². The molecular weight excluding hydrogens is 330 g/mol. The molecule has 5 nitrogen and oxygen atoms in total. The summed E-state index contributed by atoms with van der Waals surface area (Å²) in [6.45, 7) is 3.44. The second kappa shape index (κ2) is 8.36. The molecule has 0 aromatic heterocycles. The van der Waals surface area contributed by atoms with Crippen LogP contribution in [0.1, 0.15) is 24.2 Å². The van der Waals surface area contributed by atoms with Crippen LogP contribution >= 0.6 is 11.6 Å². The van der Waals surface area contributed by atoms with E-state index in [4.69, 9.17) is 21.1 Å². The van der Waals surface area contributed by atoms with Gasteiger partial charge >= 0.3 is 5.97 Å². The van der Waals surface area contributed by atoms with Crippen molar-refractivity contribution >= 4 is 29.2 Å². The van der Waals surface area contributed by atoms with Gasteiger partial charge in [0.15, 0.2) is 6.61 Å². The zero-order valence-corrected chi connectivity index (χ0v) is 14.2. The lowest BCUT2D eigenvalue weighted by molar-refractivity contribution is -0.119. The Labute approximate surface area is 145 Å². The van der Waals surface area contributed by atoms with Gasteiger partial charge in [-0.25, -0.2) is 4.79 Å². The lowest BCUT2D eigenvalue weighted by atomic mass is 10.2. The minimum absolute atomic E-state index is 0.0521. The number of benzene rings is 2. The number of carbonyl (C=O) groups is 2. The molecule has 2 aromatic rings. The molecule has 0 aliphatic carbocycles. The molecule has 0 aliphatic heterocycles. The number of hydrogen-bond donors (Lipinski definition) is 1. The molecule has 0 saturated carbocycles. The van der Waals surface area contributed by atoms with Gasteiger partial charge in [0.25, 0.3) is 5.91 Å². The first-order valence-electron chi connectivity index (χ1n) is 7.44. The van der Waals surface area contributed by atoms with Crippen LogP contribution in [0.5, 0.6) is 5.75 Å². The number of amides is 1. The highest BCUT2D eigenvalue weighted by Gasteiger charge is 2.11. The first kappa shape index (κ1) is 17.8. The molecule has 0 spiro atoms. The number of nitrogens with one attached hydrogen (secondary N) is 1. The van der Waals surface area contributed by atoms with Crippen molar-refractivity contribution in [2.75, 3.05) is 11.9 Å². The van der Waals surface area contributed by atoms with E-state index in [0.717, 1.165) is 0 Å². The Morgan fingerprint density at radius 2 is 1.75 bits per heavy atom. The first-order valence-corrected chi connectivity index (χ1v) is 7.81. The number of hydrogen-bond acceptors (Lipinski definition) is 4. The van der Waals surface area contributed by atoms with Crippen LogP contribution < -0.4 is 10.1 Å². The first-order chi connectivity index (χ1) is 11.5.